The number of benzene rings is 1. The SMILES string of the molecule is C/C=C(/CCNC1CCCC1)c1cc(O)ccc1C. The predicted molar refractivity (Wildman–Crippen MR) is 81.4 cm³/mol. The number of phenolic OH excluding ortho intramolecular Hbond substituents is 1. The van der Waals surface area contributed by atoms with Gasteiger partial charge >= 0.3 is 0 Å². The van der Waals surface area contributed by atoms with E-state index in [-0.39, 0.29) is 0 Å². The minimum absolute atomic E-state index is 0.351. The van der Waals surface area contributed by atoms with Crippen LogP contribution in [0, 0.1) is 6.92 Å². The van der Waals surface area contributed by atoms with Gasteiger partial charge in [0.25, 0.3) is 0 Å². The zero-order valence-corrected chi connectivity index (χ0v) is 12.1. The average molecular weight is 259 g/mol. The van der Waals surface area contributed by atoms with Crippen LogP contribution in [0.15, 0.2) is 24.3 Å². The van der Waals surface area contributed by atoms with Gasteiger partial charge in [0.05, 0.1) is 0 Å². The molecule has 104 valence electrons. The molecule has 0 radical (unpaired) electrons. The number of hydrogen-bond acceptors (Lipinski definition) is 2. The number of nitrogens with one attached hydrogen (secondary N) is 1. The Bertz CT molecular complexity index is 445. The van der Waals surface area contributed by atoms with E-state index in [9.17, 15) is 5.11 Å². The topological polar surface area (TPSA) is 32.3 Å². The second-order valence-corrected chi connectivity index (χ2v) is 5.50. The first kappa shape index (κ1) is 14.1. The molecule has 0 saturated heterocycles. The van der Waals surface area contributed by atoms with Gasteiger partial charge in [0.15, 0.2) is 0 Å². The minimum atomic E-state index is 0.351. The molecule has 0 aromatic heterocycles. The number of aromatic hydroxyl groups is 1. The van der Waals surface area contributed by atoms with Crippen molar-refractivity contribution in [3.05, 3.63) is 35.4 Å². The zero-order chi connectivity index (χ0) is 13.7. The van der Waals surface area contributed by atoms with Gasteiger partial charge in [0.2, 0.25) is 0 Å². The third-order valence-corrected chi connectivity index (χ3v) is 4.10. The molecule has 0 unspecified atom stereocenters. The Morgan fingerprint density at radius 2 is 2.11 bits per heavy atom. The smallest absolute Gasteiger partial charge is 0.116 e. The second-order valence-electron chi connectivity index (χ2n) is 5.50. The lowest BCUT2D eigenvalue weighted by atomic mass is 9.97. The summed E-state index contributed by atoms with van der Waals surface area (Å²) < 4.78 is 0. The fourth-order valence-electron chi connectivity index (χ4n) is 2.93. The lowest BCUT2D eigenvalue weighted by Crippen LogP contribution is -2.27. The van der Waals surface area contributed by atoms with Crippen molar-refractivity contribution in [2.45, 2.75) is 52.0 Å². The van der Waals surface area contributed by atoms with Gasteiger partial charge in [0, 0.05) is 6.04 Å². The Labute approximate surface area is 116 Å². The number of aryl methyl sites for hydroxylation is 1. The summed E-state index contributed by atoms with van der Waals surface area (Å²) in [5.74, 6) is 0.351. The van der Waals surface area contributed by atoms with Crippen LogP contribution in [0.1, 0.15) is 50.2 Å². The van der Waals surface area contributed by atoms with Crippen molar-refractivity contribution in [1.29, 1.82) is 0 Å². The van der Waals surface area contributed by atoms with E-state index < -0.39 is 0 Å². The van der Waals surface area contributed by atoms with Gasteiger partial charge in [-0.25, -0.2) is 0 Å². The van der Waals surface area contributed by atoms with E-state index in [4.69, 9.17) is 0 Å². The fourth-order valence-corrected chi connectivity index (χ4v) is 2.93. The van der Waals surface area contributed by atoms with Gasteiger partial charge in [-0.05, 0) is 68.5 Å². The van der Waals surface area contributed by atoms with Crippen LogP contribution in [-0.4, -0.2) is 17.7 Å². The quantitative estimate of drug-likeness (QED) is 0.837. The number of hydrogen-bond donors (Lipinski definition) is 2. The molecule has 2 N–H and O–H groups in total. The molecule has 1 aliphatic carbocycles. The van der Waals surface area contributed by atoms with Gasteiger partial charge in [-0.15, -0.1) is 0 Å². The van der Waals surface area contributed by atoms with Crippen molar-refractivity contribution in [2.75, 3.05) is 6.54 Å². The van der Waals surface area contributed by atoms with Crippen LogP contribution in [0.2, 0.25) is 0 Å². The third-order valence-electron chi connectivity index (χ3n) is 4.10. The Kier molecular flexibility index (Phi) is 5.03. The summed E-state index contributed by atoms with van der Waals surface area (Å²) in [6.07, 6.45) is 8.60. The molecule has 0 aliphatic heterocycles. The monoisotopic (exact) mass is 259 g/mol. The Balaban J connectivity index is 1.94. The molecular formula is C17H25NO. The van der Waals surface area contributed by atoms with Crippen molar-refractivity contribution < 1.29 is 5.11 Å². The second kappa shape index (κ2) is 6.76. The molecule has 1 aromatic carbocycles. The molecule has 1 aliphatic rings. The first-order chi connectivity index (χ1) is 9.20. The number of allylic oxidation sites excluding steroid dienone is 1. The van der Waals surface area contributed by atoms with Crippen molar-refractivity contribution in [1.82, 2.24) is 5.32 Å². The van der Waals surface area contributed by atoms with Crippen LogP contribution >= 0.6 is 0 Å². The highest BCUT2D eigenvalue weighted by Gasteiger charge is 2.14. The van der Waals surface area contributed by atoms with Crippen LogP contribution in [0.5, 0.6) is 5.75 Å². The van der Waals surface area contributed by atoms with E-state index in [1.54, 1.807) is 6.07 Å². The van der Waals surface area contributed by atoms with Crippen LogP contribution in [0.3, 0.4) is 0 Å². The van der Waals surface area contributed by atoms with E-state index in [2.05, 4.69) is 25.2 Å². The molecule has 0 heterocycles. The maximum absolute atomic E-state index is 9.64. The van der Waals surface area contributed by atoms with Gasteiger partial charge in [-0.3, -0.25) is 0 Å². The Morgan fingerprint density at radius 1 is 1.37 bits per heavy atom. The molecule has 0 atom stereocenters. The molecule has 0 spiro atoms. The van der Waals surface area contributed by atoms with Gasteiger partial charge in [0.1, 0.15) is 5.75 Å². The summed E-state index contributed by atoms with van der Waals surface area (Å²) in [4.78, 5) is 0. The summed E-state index contributed by atoms with van der Waals surface area (Å²) in [7, 11) is 0. The van der Waals surface area contributed by atoms with Crippen molar-refractivity contribution in [3.8, 4) is 5.75 Å². The molecule has 1 saturated carbocycles. The molecule has 0 amide bonds. The van der Waals surface area contributed by atoms with Crippen molar-refractivity contribution in [3.63, 3.8) is 0 Å². The summed E-state index contributed by atoms with van der Waals surface area (Å²) >= 11 is 0. The highest BCUT2D eigenvalue weighted by molar-refractivity contribution is 5.69. The van der Waals surface area contributed by atoms with Gasteiger partial charge < -0.3 is 10.4 Å². The maximum Gasteiger partial charge on any atom is 0.116 e. The van der Waals surface area contributed by atoms with Gasteiger partial charge in [-0.2, -0.15) is 0 Å². The standard InChI is InChI=1S/C17H25NO/c1-3-14(10-11-18-15-6-4-5-7-15)17-12-16(19)9-8-13(17)2/h3,8-9,12,15,18-19H,4-7,10-11H2,1-2H3/b14-3-. The highest BCUT2D eigenvalue weighted by atomic mass is 16.3. The number of phenols is 1. The molecule has 0 bridgehead atoms. The normalized spacial score (nSPS) is 17.1. The average Bonchev–Trinajstić information content (AvgIpc) is 2.91. The van der Waals surface area contributed by atoms with Crippen LogP contribution in [-0.2, 0) is 0 Å². The molecule has 1 fully saturated rings. The Hall–Kier alpha value is -1.28. The first-order valence-corrected chi connectivity index (χ1v) is 7.39. The maximum atomic E-state index is 9.64. The van der Waals surface area contributed by atoms with E-state index in [1.807, 2.05) is 12.1 Å². The van der Waals surface area contributed by atoms with Crippen LogP contribution in [0.25, 0.3) is 5.57 Å². The van der Waals surface area contributed by atoms with Crippen LogP contribution in [0.4, 0.5) is 0 Å². The lowest BCUT2D eigenvalue weighted by molar-refractivity contribution is 0.475. The summed E-state index contributed by atoms with van der Waals surface area (Å²) in [5, 5.41) is 13.3. The molecule has 19 heavy (non-hydrogen) atoms. The van der Waals surface area contributed by atoms with Crippen molar-refractivity contribution >= 4 is 5.57 Å². The van der Waals surface area contributed by atoms with E-state index >= 15 is 0 Å². The minimum Gasteiger partial charge on any atom is -0.508 e. The summed E-state index contributed by atoms with van der Waals surface area (Å²) in [6, 6.07) is 6.34. The zero-order valence-electron chi connectivity index (χ0n) is 12.1. The fraction of sp³-hybridized carbons (Fsp3) is 0.529. The largest absolute Gasteiger partial charge is 0.508 e. The molecule has 2 nitrogen and oxygen atoms in total. The van der Waals surface area contributed by atoms with E-state index in [1.165, 1.54) is 42.4 Å². The van der Waals surface area contributed by atoms with Gasteiger partial charge in [-0.1, -0.05) is 25.0 Å². The highest BCUT2D eigenvalue weighted by Crippen LogP contribution is 2.26. The van der Waals surface area contributed by atoms with Crippen molar-refractivity contribution in [2.24, 2.45) is 0 Å². The predicted octanol–water partition coefficient (Wildman–Crippen LogP) is 4.03. The summed E-state index contributed by atoms with van der Waals surface area (Å²) in [6.45, 7) is 5.20. The molecule has 2 heteroatoms. The molecule has 1 aromatic rings. The van der Waals surface area contributed by atoms with Crippen LogP contribution < -0.4 is 5.32 Å². The van der Waals surface area contributed by atoms with E-state index in [0.717, 1.165) is 19.0 Å². The third kappa shape index (κ3) is 3.84. The Morgan fingerprint density at radius 3 is 2.79 bits per heavy atom. The summed E-state index contributed by atoms with van der Waals surface area (Å²) in [5.41, 5.74) is 3.72. The first-order valence-electron chi connectivity index (χ1n) is 7.39. The molecule has 2 rings (SSSR count). The lowest BCUT2D eigenvalue weighted by Gasteiger charge is -2.15. The number of rotatable bonds is 5. The van der Waals surface area contributed by atoms with E-state index in [0.29, 0.717) is 5.75 Å². The molecular weight excluding hydrogens is 234 g/mol.